The van der Waals surface area contributed by atoms with E-state index < -0.39 is 0 Å². The minimum absolute atomic E-state index is 0.184. The van der Waals surface area contributed by atoms with Crippen molar-refractivity contribution in [3.63, 3.8) is 0 Å². The van der Waals surface area contributed by atoms with E-state index in [4.69, 9.17) is 0 Å². The lowest BCUT2D eigenvalue weighted by Gasteiger charge is -2.27. The van der Waals surface area contributed by atoms with Crippen LogP contribution in [0.1, 0.15) is 36.4 Å². The Kier molecular flexibility index (Phi) is 3.39. The van der Waals surface area contributed by atoms with Crippen molar-refractivity contribution in [2.45, 2.75) is 37.8 Å². The van der Waals surface area contributed by atoms with E-state index in [9.17, 15) is 4.79 Å². The third kappa shape index (κ3) is 2.45. The molecule has 1 aliphatic carbocycles. The Labute approximate surface area is 115 Å². The summed E-state index contributed by atoms with van der Waals surface area (Å²) >= 11 is 3.52. The minimum Gasteiger partial charge on any atom is -0.355 e. The minimum atomic E-state index is 0.184. The number of amides is 1. The van der Waals surface area contributed by atoms with Crippen LogP contribution < -0.4 is 10.6 Å². The summed E-state index contributed by atoms with van der Waals surface area (Å²) in [7, 11) is 0. The molecule has 2 N–H and O–H groups in total. The zero-order valence-electron chi connectivity index (χ0n) is 10.2. The lowest BCUT2D eigenvalue weighted by molar-refractivity contribution is -0.122. The standard InChI is InChI=1S/C14H17BrN2O/c15-10-2-4-12-9(7-10)1-5-13(12)17-11-3-6-14(18)16-8-11/h2,4,7,11,13,17H,1,3,5-6,8H2,(H,16,18). The first-order valence-electron chi connectivity index (χ1n) is 6.53. The molecule has 1 aliphatic heterocycles. The number of hydrogen-bond acceptors (Lipinski definition) is 2. The molecule has 1 fully saturated rings. The van der Waals surface area contributed by atoms with Crippen LogP contribution in [0.3, 0.4) is 0 Å². The van der Waals surface area contributed by atoms with Crippen molar-refractivity contribution in [3.05, 3.63) is 33.8 Å². The third-order valence-corrected chi connectivity index (χ3v) is 4.38. The topological polar surface area (TPSA) is 41.1 Å². The predicted molar refractivity (Wildman–Crippen MR) is 74.4 cm³/mol. The molecule has 3 rings (SSSR count). The van der Waals surface area contributed by atoms with Crippen molar-refractivity contribution < 1.29 is 4.79 Å². The molecule has 1 aromatic carbocycles. The molecule has 96 valence electrons. The Morgan fingerprint density at radius 2 is 2.17 bits per heavy atom. The van der Waals surface area contributed by atoms with Crippen LogP contribution in [0.25, 0.3) is 0 Å². The first-order chi connectivity index (χ1) is 8.72. The molecule has 18 heavy (non-hydrogen) atoms. The molecule has 0 bridgehead atoms. The lowest BCUT2D eigenvalue weighted by Crippen LogP contribution is -2.46. The van der Waals surface area contributed by atoms with Crippen molar-refractivity contribution in [1.82, 2.24) is 10.6 Å². The Balaban J connectivity index is 1.67. The summed E-state index contributed by atoms with van der Waals surface area (Å²) in [6.45, 7) is 0.765. The fourth-order valence-corrected chi connectivity index (χ4v) is 3.33. The van der Waals surface area contributed by atoms with Crippen LogP contribution in [0, 0.1) is 0 Å². The molecule has 2 atom stereocenters. The third-order valence-electron chi connectivity index (χ3n) is 3.89. The van der Waals surface area contributed by atoms with Crippen LogP contribution in [-0.4, -0.2) is 18.5 Å². The van der Waals surface area contributed by atoms with E-state index in [0.29, 0.717) is 18.5 Å². The van der Waals surface area contributed by atoms with Gasteiger partial charge in [-0.3, -0.25) is 4.79 Å². The van der Waals surface area contributed by atoms with Crippen molar-refractivity contribution in [3.8, 4) is 0 Å². The average molecular weight is 309 g/mol. The summed E-state index contributed by atoms with van der Waals surface area (Å²) in [6, 6.07) is 7.42. The molecule has 2 aliphatic rings. The number of nitrogens with one attached hydrogen (secondary N) is 2. The zero-order chi connectivity index (χ0) is 12.5. The Hall–Kier alpha value is -0.870. The highest BCUT2D eigenvalue weighted by atomic mass is 79.9. The van der Waals surface area contributed by atoms with Gasteiger partial charge in [-0.1, -0.05) is 22.0 Å². The summed E-state index contributed by atoms with van der Waals surface area (Å²) in [5.74, 6) is 0.184. The molecule has 0 spiro atoms. The Bertz CT molecular complexity index is 465. The van der Waals surface area contributed by atoms with Crippen molar-refractivity contribution in [2.75, 3.05) is 6.54 Å². The van der Waals surface area contributed by atoms with Gasteiger partial charge in [0.1, 0.15) is 0 Å². The van der Waals surface area contributed by atoms with E-state index in [1.54, 1.807) is 0 Å². The van der Waals surface area contributed by atoms with E-state index in [1.807, 2.05) is 0 Å². The monoisotopic (exact) mass is 308 g/mol. The van der Waals surface area contributed by atoms with Crippen LogP contribution in [-0.2, 0) is 11.2 Å². The molecule has 1 amide bonds. The fraction of sp³-hybridized carbons (Fsp3) is 0.500. The van der Waals surface area contributed by atoms with Gasteiger partial charge in [0.15, 0.2) is 0 Å². The molecule has 2 unspecified atom stereocenters. The molecule has 1 saturated heterocycles. The molecule has 0 aromatic heterocycles. The van der Waals surface area contributed by atoms with Crippen molar-refractivity contribution in [2.24, 2.45) is 0 Å². The number of fused-ring (bicyclic) bond motifs is 1. The maximum atomic E-state index is 11.1. The van der Waals surface area contributed by atoms with Gasteiger partial charge < -0.3 is 10.6 Å². The molecule has 3 nitrogen and oxygen atoms in total. The van der Waals surface area contributed by atoms with Gasteiger partial charge in [0, 0.05) is 29.5 Å². The van der Waals surface area contributed by atoms with Crippen molar-refractivity contribution in [1.29, 1.82) is 0 Å². The highest BCUT2D eigenvalue weighted by molar-refractivity contribution is 9.10. The van der Waals surface area contributed by atoms with Crippen LogP contribution in [0.4, 0.5) is 0 Å². The van der Waals surface area contributed by atoms with E-state index >= 15 is 0 Å². The molecular weight excluding hydrogens is 292 g/mol. The smallest absolute Gasteiger partial charge is 0.220 e. The van der Waals surface area contributed by atoms with Gasteiger partial charge >= 0.3 is 0 Å². The first kappa shape index (κ1) is 12.2. The van der Waals surface area contributed by atoms with Crippen LogP contribution in [0.5, 0.6) is 0 Å². The number of carbonyl (C=O) groups excluding carboxylic acids is 1. The van der Waals surface area contributed by atoms with Gasteiger partial charge in [-0.15, -0.1) is 0 Å². The van der Waals surface area contributed by atoms with Crippen LogP contribution >= 0.6 is 15.9 Å². The van der Waals surface area contributed by atoms with Crippen LogP contribution in [0.2, 0.25) is 0 Å². The number of carbonyl (C=O) groups is 1. The van der Waals surface area contributed by atoms with Gasteiger partial charge in [-0.25, -0.2) is 0 Å². The predicted octanol–water partition coefficient (Wildman–Crippen LogP) is 2.30. The summed E-state index contributed by atoms with van der Waals surface area (Å²) < 4.78 is 1.16. The second kappa shape index (κ2) is 5.02. The Morgan fingerprint density at radius 3 is 2.94 bits per heavy atom. The van der Waals surface area contributed by atoms with Gasteiger partial charge in [0.25, 0.3) is 0 Å². The van der Waals surface area contributed by atoms with Gasteiger partial charge in [-0.2, -0.15) is 0 Å². The normalized spacial score (nSPS) is 26.8. The van der Waals surface area contributed by atoms with E-state index in [0.717, 1.165) is 30.3 Å². The maximum Gasteiger partial charge on any atom is 0.220 e. The van der Waals surface area contributed by atoms with Gasteiger partial charge in [0.2, 0.25) is 5.91 Å². The maximum absolute atomic E-state index is 11.1. The summed E-state index contributed by atoms with van der Waals surface area (Å²) in [6.07, 6.45) is 3.91. The summed E-state index contributed by atoms with van der Waals surface area (Å²) in [5.41, 5.74) is 2.87. The summed E-state index contributed by atoms with van der Waals surface area (Å²) in [4.78, 5) is 11.1. The average Bonchev–Trinajstić information content (AvgIpc) is 2.74. The van der Waals surface area contributed by atoms with Crippen molar-refractivity contribution >= 4 is 21.8 Å². The molecule has 1 aromatic rings. The fourth-order valence-electron chi connectivity index (χ4n) is 2.92. The first-order valence-corrected chi connectivity index (χ1v) is 7.33. The van der Waals surface area contributed by atoms with Gasteiger partial charge in [0.05, 0.1) is 0 Å². The van der Waals surface area contributed by atoms with Gasteiger partial charge in [-0.05, 0) is 42.5 Å². The second-order valence-electron chi connectivity index (χ2n) is 5.14. The number of rotatable bonds is 2. The molecular formula is C14H17BrN2O. The van der Waals surface area contributed by atoms with E-state index in [2.05, 4.69) is 44.8 Å². The largest absolute Gasteiger partial charge is 0.355 e. The van der Waals surface area contributed by atoms with E-state index in [1.165, 1.54) is 11.1 Å². The highest BCUT2D eigenvalue weighted by Gasteiger charge is 2.26. The number of benzene rings is 1. The lowest BCUT2D eigenvalue weighted by atomic mass is 10.0. The molecule has 4 heteroatoms. The number of aryl methyl sites for hydroxylation is 1. The number of piperidine rings is 1. The summed E-state index contributed by atoms with van der Waals surface area (Å²) in [5, 5.41) is 6.61. The van der Waals surface area contributed by atoms with Crippen LogP contribution in [0.15, 0.2) is 22.7 Å². The number of hydrogen-bond donors (Lipinski definition) is 2. The van der Waals surface area contributed by atoms with E-state index in [-0.39, 0.29) is 5.91 Å². The quantitative estimate of drug-likeness (QED) is 0.880. The molecule has 1 heterocycles. The molecule has 0 radical (unpaired) electrons. The molecule has 0 saturated carbocycles. The number of halogens is 1. The highest BCUT2D eigenvalue weighted by Crippen LogP contribution is 2.33. The Morgan fingerprint density at radius 1 is 1.28 bits per heavy atom. The SMILES string of the molecule is O=C1CCC(NC2CCc3cc(Br)ccc32)CN1. The zero-order valence-corrected chi connectivity index (χ0v) is 11.8. The second-order valence-corrected chi connectivity index (χ2v) is 6.06.